The maximum absolute atomic E-state index is 14.4. The fourth-order valence-electron chi connectivity index (χ4n) is 5.59. The molecule has 10 heteroatoms. The Morgan fingerprint density at radius 2 is 1.64 bits per heavy atom. The second-order valence-electron chi connectivity index (χ2n) is 11.4. The van der Waals surface area contributed by atoms with Crippen molar-refractivity contribution in [2.24, 2.45) is 0 Å². The van der Waals surface area contributed by atoms with E-state index in [0.29, 0.717) is 28.4 Å². The van der Waals surface area contributed by atoms with Gasteiger partial charge in [0.1, 0.15) is 18.3 Å². The molecule has 1 atom stereocenters. The van der Waals surface area contributed by atoms with Crippen LogP contribution in [-0.2, 0) is 26.2 Å². The molecule has 1 aliphatic carbocycles. The van der Waals surface area contributed by atoms with Crippen LogP contribution in [0.5, 0.6) is 5.75 Å². The van der Waals surface area contributed by atoms with Crippen LogP contribution in [0.25, 0.3) is 0 Å². The lowest BCUT2D eigenvalue weighted by atomic mass is 9.95. The van der Waals surface area contributed by atoms with Crippen LogP contribution in [0.15, 0.2) is 71.6 Å². The summed E-state index contributed by atoms with van der Waals surface area (Å²) in [7, 11) is -2.61. The molecular formula is C34H42ClN3O5S. The summed E-state index contributed by atoms with van der Waals surface area (Å²) in [6, 6.07) is 18.0. The molecule has 1 saturated carbocycles. The summed E-state index contributed by atoms with van der Waals surface area (Å²) in [6.45, 7) is 5.11. The van der Waals surface area contributed by atoms with Crippen molar-refractivity contribution >= 4 is 39.1 Å². The van der Waals surface area contributed by atoms with Gasteiger partial charge in [-0.3, -0.25) is 13.9 Å². The Bertz CT molecular complexity index is 1540. The lowest BCUT2D eigenvalue weighted by Gasteiger charge is -2.34. The van der Waals surface area contributed by atoms with Crippen LogP contribution in [0.3, 0.4) is 0 Å². The van der Waals surface area contributed by atoms with Crippen LogP contribution in [0.2, 0.25) is 5.02 Å². The van der Waals surface area contributed by atoms with E-state index in [1.54, 1.807) is 56.5 Å². The average Bonchev–Trinajstić information content (AvgIpc) is 3.02. The number of methoxy groups -OCH3 is 1. The SMILES string of the molecule is CCC(C(=O)NC1CCCCC1)N(Cc1ccc(OC)cc1)C(=O)CN(c1cc(Cl)ccc1C)S(=O)(=O)c1ccc(C)cc1. The molecule has 1 aliphatic rings. The van der Waals surface area contributed by atoms with Gasteiger partial charge in [0.25, 0.3) is 10.0 Å². The molecule has 1 unspecified atom stereocenters. The van der Waals surface area contributed by atoms with Crippen LogP contribution >= 0.6 is 11.6 Å². The standard InChI is InChI=1S/C34H42ClN3O5S/c1-5-31(34(40)36-28-9-7-6-8-10-28)37(22-26-14-17-29(43-4)18-15-26)33(39)23-38(32-21-27(35)16-13-25(32)3)44(41,42)30-19-11-24(2)12-20-30/h11-21,28,31H,5-10,22-23H2,1-4H3,(H,36,40). The smallest absolute Gasteiger partial charge is 0.264 e. The van der Waals surface area contributed by atoms with Gasteiger partial charge in [-0.15, -0.1) is 0 Å². The Kier molecular flexibility index (Phi) is 11.3. The highest BCUT2D eigenvalue weighted by atomic mass is 35.5. The summed E-state index contributed by atoms with van der Waals surface area (Å²) in [5.41, 5.74) is 2.64. The van der Waals surface area contributed by atoms with Crippen molar-refractivity contribution in [2.75, 3.05) is 18.0 Å². The molecule has 0 bridgehead atoms. The molecule has 44 heavy (non-hydrogen) atoms. The number of rotatable bonds is 12. The number of aryl methyl sites for hydroxylation is 2. The van der Waals surface area contributed by atoms with E-state index in [1.807, 2.05) is 26.0 Å². The van der Waals surface area contributed by atoms with Crippen LogP contribution < -0.4 is 14.4 Å². The van der Waals surface area contributed by atoms with Crippen LogP contribution in [0.4, 0.5) is 5.69 Å². The Balaban J connectivity index is 1.73. The molecule has 0 saturated heterocycles. The van der Waals surface area contributed by atoms with Gasteiger partial charge in [-0.2, -0.15) is 0 Å². The predicted octanol–water partition coefficient (Wildman–Crippen LogP) is 6.42. The van der Waals surface area contributed by atoms with E-state index in [4.69, 9.17) is 16.3 Å². The first-order valence-corrected chi connectivity index (χ1v) is 16.9. The highest BCUT2D eigenvalue weighted by Gasteiger charge is 2.35. The average molecular weight is 640 g/mol. The molecule has 0 radical (unpaired) electrons. The van der Waals surface area contributed by atoms with Gasteiger partial charge in [0.15, 0.2) is 0 Å². The first-order valence-electron chi connectivity index (χ1n) is 15.1. The van der Waals surface area contributed by atoms with E-state index < -0.39 is 28.5 Å². The third-order valence-corrected chi connectivity index (χ3v) is 10.2. The number of carbonyl (C=O) groups is 2. The summed E-state index contributed by atoms with van der Waals surface area (Å²) in [5.74, 6) is -0.0600. The number of ether oxygens (including phenoxy) is 1. The van der Waals surface area contributed by atoms with Gasteiger partial charge in [-0.05, 0) is 80.6 Å². The molecule has 1 fully saturated rings. The van der Waals surface area contributed by atoms with E-state index in [9.17, 15) is 18.0 Å². The van der Waals surface area contributed by atoms with Gasteiger partial charge in [-0.25, -0.2) is 8.42 Å². The van der Waals surface area contributed by atoms with Crippen LogP contribution in [0.1, 0.15) is 62.1 Å². The van der Waals surface area contributed by atoms with E-state index >= 15 is 0 Å². The number of hydrogen-bond acceptors (Lipinski definition) is 5. The highest BCUT2D eigenvalue weighted by Crippen LogP contribution is 2.30. The van der Waals surface area contributed by atoms with Gasteiger partial charge in [-0.1, -0.05) is 73.7 Å². The number of anilines is 1. The third-order valence-electron chi connectivity index (χ3n) is 8.18. The second-order valence-corrected chi connectivity index (χ2v) is 13.7. The topological polar surface area (TPSA) is 96.0 Å². The third kappa shape index (κ3) is 8.12. The largest absolute Gasteiger partial charge is 0.497 e. The molecule has 0 aromatic heterocycles. The number of nitrogens with zero attached hydrogens (tertiary/aromatic N) is 2. The summed E-state index contributed by atoms with van der Waals surface area (Å²) in [4.78, 5) is 29.6. The van der Waals surface area contributed by atoms with Gasteiger partial charge in [0.05, 0.1) is 17.7 Å². The number of hydrogen-bond donors (Lipinski definition) is 1. The molecule has 0 heterocycles. The van der Waals surface area contributed by atoms with Crippen molar-refractivity contribution in [3.8, 4) is 5.75 Å². The molecule has 8 nitrogen and oxygen atoms in total. The Morgan fingerprint density at radius 1 is 0.977 bits per heavy atom. The first kappa shape index (κ1) is 33.3. The zero-order valence-corrected chi connectivity index (χ0v) is 27.5. The van der Waals surface area contributed by atoms with Gasteiger partial charge in [0, 0.05) is 17.6 Å². The molecule has 3 aromatic rings. The maximum Gasteiger partial charge on any atom is 0.264 e. The quantitative estimate of drug-likeness (QED) is 0.247. The van der Waals surface area contributed by atoms with Gasteiger partial charge >= 0.3 is 0 Å². The van der Waals surface area contributed by atoms with Crippen molar-refractivity contribution in [1.29, 1.82) is 0 Å². The molecule has 236 valence electrons. The zero-order chi connectivity index (χ0) is 31.9. The maximum atomic E-state index is 14.4. The van der Waals surface area contributed by atoms with Crippen molar-refractivity contribution in [1.82, 2.24) is 10.2 Å². The molecular weight excluding hydrogens is 598 g/mol. The Morgan fingerprint density at radius 3 is 2.25 bits per heavy atom. The van der Waals surface area contributed by atoms with Crippen molar-refractivity contribution in [2.45, 2.75) is 82.8 Å². The summed E-state index contributed by atoms with van der Waals surface area (Å²) in [6.07, 6.45) is 5.44. The van der Waals surface area contributed by atoms with Gasteiger partial charge in [0.2, 0.25) is 11.8 Å². The first-order chi connectivity index (χ1) is 21.0. The molecule has 2 amide bonds. The lowest BCUT2D eigenvalue weighted by Crippen LogP contribution is -2.54. The minimum atomic E-state index is -4.19. The van der Waals surface area contributed by atoms with Crippen LogP contribution in [0, 0.1) is 13.8 Å². The van der Waals surface area contributed by atoms with E-state index in [0.717, 1.165) is 47.5 Å². The van der Waals surface area contributed by atoms with Gasteiger partial charge < -0.3 is 15.0 Å². The Hall–Kier alpha value is -3.56. The monoisotopic (exact) mass is 639 g/mol. The number of sulfonamides is 1. The molecule has 3 aromatic carbocycles. The molecule has 0 aliphatic heterocycles. The van der Waals surface area contributed by atoms with Crippen molar-refractivity contribution < 1.29 is 22.7 Å². The molecule has 4 rings (SSSR count). The minimum absolute atomic E-state index is 0.0547. The summed E-state index contributed by atoms with van der Waals surface area (Å²) in [5, 5.41) is 3.51. The molecule has 0 spiro atoms. The number of nitrogens with one attached hydrogen (secondary N) is 1. The predicted molar refractivity (Wildman–Crippen MR) is 175 cm³/mol. The lowest BCUT2D eigenvalue weighted by molar-refractivity contribution is -0.140. The minimum Gasteiger partial charge on any atom is -0.497 e. The number of benzene rings is 3. The molecule has 1 N–H and O–H groups in total. The fraction of sp³-hybridized carbons (Fsp3) is 0.412. The number of amides is 2. The van der Waals surface area contributed by atoms with E-state index in [1.165, 1.54) is 17.0 Å². The normalized spacial score (nSPS) is 14.5. The highest BCUT2D eigenvalue weighted by molar-refractivity contribution is 7.92. The fourth-order valence-corrected chi connectivity index (χ4v) is 7.23. The summed E-state index contributed by atoms with van der Waals surface area (Å²) < 4.78 is 34.7. The second kappa shape index (κ2) is 14.9. The van der Waals surface area contributed by atoms with E-state index in [-0.39, 0.29) is 23.4 Å². The number of halogens is 1. The number of carbonyl (C=O) groups excluding carboxylic acids is 2. The van der Waals surface area contributed by atoms with Crippen molar-refractivity contribution in [3.05, 3.63) is 88.4 Å². The van der Waals surface area contributed by atoms with Crippen LogP contribution in [-0.4, -0.2) is 50.9 Å². The van der Waals surface area contributed by atoms with Crippen molar-refractivity contribution in [3.63, 3.8) is 0 Å². The summed E-state index contributed by atoms with van der Waals surface area (Å²) >= 11 is 6.34. The zero-order valence-electron chi connectivity index (χ0n) is 25.9. The van der Waals surface area contributed by atoms with E-state index in [2.05, 4.69) is 5.32 Å². The Labute approximate surface area is 266 Å².